The number of alkyl halides is 2. The summed E-state index contributed by atoms with van der Waals surface area (Å²) in [6, 6.07) is 6.28. The molecule has 1 fully saturated rings. The molecule has 1 aromatic heterocycles. The molecule has 2 aromatic rings. The average molecular weight is 408 g/mol. The Morgan fingerprint density at radius 2 is 2.21 bits per heavy atom. The maximum Gasteiger partial charge on any atom is 0.270 e. The monoisotopic (exact) mass is 408 g/mol. The number of phenolic OH excluding ortho intramolecular Hbond substituents is 1. The number of aromatic amines is 1. The molecule has 1 saturated heterocycles. The Labute approximate surface area is 165 Å². The topological polar surface area (TPSA) is 101 Å². The number of aromatic hydroxyl groups is 1. The number of amides is 1. The van der Waals surface area contributed by atoms with Crippen LogP contribution in [0, 0.1) is 0 Å². The SMILES string of the molecule is CCNC(O)c1ccc(N2COc3cc(C(=O)N4CCC(F)(F)C4)[nH]c32)cc1O. The number of nitrogens with one attached hydrogen (secondary N) is 2. The summed E-state index contributed by atoms with van der Waals surface area (Å²) in [6.45, 7) is 1.94. The van der Waals surface area contributed by atoms with Crippen molar-refractivity contribution in [2.75, 3.05) is 31.3 Å². The highest BCUT2D eigenvalue weighted by atomic mass is 19.3. The predicted molar refractivity (Wildman–Crippen MR) is 101 cm³/mol. The summed E-state index contributed by atoms with van der Waals surface area (Å²) in [5.41, 5.74) is 1.09. The van der Waals surface area contributed by atoms with Gasteiger partial charge in [-0.25, -0.2) is 8.78 Å². The number of aliphatic hydroxyl groups excluding tert-OH is 1. The summed E-state index contributed by atoms with van der Waals surface area (Å²) in [6.07, 6.45) is -1.33. The van der Waals surface area contributed by atoms with Crippen LogP contribution < -0.4 is 15.0 Å². The summed E-state index contributed by atoms with van der Waals surface area (Å²) < 4.78 is 32.4. The van der Waals surface area contributed by atoms with Gasteiger partial charge in [0.05, 0.1) is 6.54 Å². The van der Waals surface area contributed by atoms with Crippen LogP contribution in [0.5, 0.6) is 11.5 Å². The molecule has 3 heterocycles. The zero-order chi connectivity index (χ0) is 20.8. The molecule has 8 nitrogen and oxygen atoms in total. The quantitative estimate of drug-likeness (QED) is 0.567. The average Bonchev–Trinajstić information content (AvgIpc) is 3.34. The van der Waals surface area contributed by atoms with Crippen LogP contribution in [-0.4, -0.2) is 58.3 Å². The minimum absolute atomic E-state index is 0.00352. The molecule has 2 aliphatic heterocycles. The number of aliphatic hydroxyl groups is 1. The Kier molecular flexibility index (Phi) is 4.83. The van der Waals surface area contributed by atoms with Gasteiger partial charge in [0.25, 0.3) is 11.8 Å². The fraction of sp³-hybridized carbons (Fsp3) is 0.421. The maximum absolute atomic E-state index is 13.4. The number of nitrogens with zero attached hydrogens (tertiary/aromatic N) is 2. The summed E-state index contributed by atoms with van der Waals surface area (Å²) in [5, 5.41) is 23.1. The van der Waals surface area contributed by atoms with Gasteiger partial charge in [-0.1, -0.05) is 6.92 Å². The van der Waals surface area contributed by atoms with Gasteiger partial charge in [-0.2, -0.15) is 0 Å². The van der Waals surface area contributed by atoms with Crippen LogP contribution >= 0.6 is 0 Å². The third-order valence-electron chi connectivity index (χ3n) is 5.09. The molecule has 0 bridgehead atoms. The first-order valence-corrected chi connectivity index (χ1v) is 9.34. The number of anilines is 2. The number of benzene rings is 1. The molecule has 0 aliphatic carbocycles. The Morgan fingerprint density at radius 3 is 2.86 bits per heavy atom. The van der Waals surface area contributed by atoms with Crippen molar-refractivity contribution in [1.29, 1.82) is 0 Å². The van der Waals surface area contributed by atoms with Gasteiger partial charge in [0.15, 0.2) is 18.3 Å². The van der Waals surface area contributed by atoms with E-state index < -0.39 is 24.6 Å². The first-order valence-electron chi connectivity index (χ1n) is 9.34. The van der Waals surface area contributed by atoms with E-state index in [-0.39, 0.29) is 31.1 Å². The van der Waals surface area contributed by atoms with Crippen molar-refractivity contribution in [3.63, 3.8) is 0 Å². The maximum atomic E-state index is 13.4. The molecule has 1 unspecified atom stereocenters. The smallest absolute Gasteiger partial charge is 0.270 e. The summed E-state index contributed by atoms with van der Waals surface area (Å²) in [7, 11) is 0. The fourth-order valence-corrected chi connectivity index (χ4v) is 3.57. The molecule has 2 aliphatic rings. The third kappa shape index (κ3) is 3.60. The highest BCUT2D eigenvalue weighted by Crippen LogP contribution is 2.41. The largest absolute Gasteiger partial charge is 0.507 e. The van der Waals surface area contributed by atoms with Gasteiger partial charge >= 0.3 is 0 Å². The molecule has 0 radical (unpaired) electrons. The number of halogens is 2. The molecule has 1 aromatic carbocycles. The van der Waals surface area contributed by atoms with Gasteiger partial charge in [0.1, 0.15) is 17.7 Å². The zero-order valence-electron chi connectivity index (χ0n) is 15.8. The molecule has 1 atom stereocenters. The molecule has 29 heavy (non-hydrogen) atoms. The van der Waals surface area contributed by atoms with E-state index in [1.54, 1.807) is 17.0 Å². The number of ether oxygens (including phenoxy) is 1. The van der Waals surface area contributed by atoms with Crippen LogP contribution in [0.25, 0.3) is 0 Å². The van der Waals surface area contributed by atoms with Crippen molar-refractivity contribution in [1.82, 2.24) is 15.2 Å². The molecular weight excluding hydrogens is 386 g/mol. The van der Waals surface area contributed by atoms with E-state index in [0.29, 0.717) is 29.4 Å². The van der Waals surface area contributed by atoms with Gasteiger partial charge in [0.2, 0.25) is 0 Å². The summed E-state index contributed by atoms with van der Waals surface area (Å²) in [4.78, 5) is 18.3. The van der Waals surface area contributed by atoms with Crippen molar-refractivity contribution in [2.24, 2.45) is 0 Å². The van der Waals surface area contributed by atoms with Crippen LogP contribution in [0.2, 0.25) is 0 Å². The molecule has 156 valence electrons. The lowest BCUT2D eigenvalue weighted by molar-refractivity contribution is 0.0119. The lowest BCUT2D eigenvalue weighted by Crippen LogP contribution is -2.31. The Hall–Kier alpha value is -2.85. The molecule has 10 heteroatoms. The van der Waals surface area contributed by atoms with E-state index >= 15 is 0 Å². The van der Waals surface area contributed by atoms with Crippen LogP contribution in [0.4, 0.5) is 20.3 Å². The number of carbonyl (C=O) groups is 1. The lowest BCUT2D eigenvalue weighted by Gasteiger charge is -2.19. The van der Waals surface area contributed by atoms with Crippen LogP contribution in [0.15, 0.2) is 24.3 Å². The second kappa shape index (κ2) is 7.20. The van der Waals surface area contributed by atoms with Crippen LogP contribution in [0.3, 0.4) is 0 Å². The van der Waals surface area contributed by atoms with Crippen molar-refractivity contribution in [3.05, 3.63) is 35.5 Å². The Morgan fingerprint density at radius 1 is 1.41 bits per heavy atom. The number of carbonyl (C=O) groups excluding carboxylic acids is 1. The summed E-state index contributed by atoms with van der Waals surface area (Å²) in [5.74, 6) is -2.53. The predicted octanol–water partition coefficient (Wildman–Crippen LogP) is 2.29. The highest BCUT2D eigenvalue weighted by molar-refractivity contribution is 5.95. The number of H-pyrrole nitrogens is 1. The van der Waals surface area contributed by atoms with Crippen molar-refractivity contribution < 1.29 is 28.5 Å². The van der Waals surface area contributed by atoms with Crippen molar-refractivity contribution in [3.8, 4) is 11.5 Å². The lowest BCUT2D eigenvalue weighted by atomic mass is 10.1. The zero-order valence-corrected chi connectivity index (χ0v) is 15.8. The van der Waals surface area contributed by atoms with Gasteiger partial charge in [0, 0.05) is 36.3 Å². The van der Waals surface area contributed by atoms with Gasteiger partial charge in [-0.05, 0) is 18.7 Å². The molecule has 0 spiro atoms. The highest BCUT2D eigenvalue weighted by Gasteiger charge is 2.41. The number of phenols is 1. The van der Waals surface area contributed by atoms with E-state index in [4.69, 9.17) is 4.74 Å². The third-order valence-corrected chi connectivity index (χ3v) is 5.09. The minimum Gasteiger partial charge on any atom is -0.507 e. The standard InChI is InChI=1S/C19H22F2N4O4/c1-2-22-17(27)12-4-3-11(7-14(12)26)25-10-29-15-8-13(23-16(15)25)18(28)24-6-5-19(20,21)9-24/h3-4,7-8,17,22-23,26-27H,2,5-6,9-10H2,1H3. The van der Waals surface area contributed by atoms with Crippen LogP contribution in [-0.2, 0) is 0 Å². The summed E-state index contributed by atoms with van der Waals surface area (Å²) >= 11 is 0. The van der Waals surface area contributed by atoms with E-state index in [1.165, 1.54) is 12.1 Å². The number of fused-ring (bicyclic) bond motifs is 1. The second-order valence-electron chi connectivity index (χ2n) is 7.13. The van der Waals surface area contributed by atoms with Crippen molar-refractivity contribution in [2.45, 2.75) is 25.5 Å². The number of likely N-dealkylation sites (tertiary alicyclic amines) is 1. The van der Waals surface area contributed by atoms with E-state index in [1.807, 2.05) is 6.92 Å². The van der Waals surface area contributed by atoms with Crippen LogP contribution in [0.1, 0.15) is 35.6 Å². The minimum atomic E-state index is -2.86. The fourth-order valence-electron chi connectivity index (χ4n) is 3.57. The second-order valence-corrected chi connectivity index (χ2v) is 7.13. The van der Waals surface area contributed by atoms with Crippen molar-refractivity contribution >= 4 is 17.4 Å². The molecule has 0 saturated carbocycles. The van der Waals surface area contributed by atoms with E-state index in [0.717, 1.165) is 4.90 Å². The Bertz CT molecular complexity index is 933. The van der Waals surface area contributed by atoms with E-state index in [2.05, 4.69) is 10.3 Å². The first kappa shape index (κ1) is 19.5. The number of rotatable bonds is 5. The first-order chi connectivity index (χ1) is 13.8. The normalized spacial score (nSPS) is 18.6. The van der Waals surface area contributed by atoms with Gasteiger partial charge in [-0.3, -0.25) is 15.0 Å². The molecule has 4 N–H and O–H groups in total. The molecular formula is C19H22F2N4O4. The number of hydrogen-bond donors (Lipinski definition) is 4. The number of hydrogen-bond acceptors (Lipinski definition) is 6. The molecule has 4 rings (SSSR count). The van der Waals surface area contributed by atoms with Gasteiger partial charge < -0.3 is 24.8 Å². The number of aromatic nitrogens is 1. The Balaban J connectivity index is 1.55. The molecule has 1 amide bonds. The van der Waals surface area contributed by atoms with E-state index in [9.17, 15) is 23.8 Å². The van der Waals surface area contributed by atoms with Gasteiger partial charge in [-0.15, -0.1) is 0 Å².